The highest BCUT2D eigenvalue weighted by atomic mass is 79.9. The first-order chi connectivity index (χ1) is 8.70. The highest BCUT2D eigenvalue weighted by Gasteiger charge is 2.07. The minimum absolute atomic E-state index is 0.709. The van der Waals surface area contributed by atoms with E-state index >= 15 is 0 Å². The molecule has 0 radical (unpaired) electrons. The summed E-state index contributed by atoms with van der Waals surface area (Å²) in [5.74, 6) is 0.781. The molecule has 5 nitrogen and oxygen atoms in total. The maximum atomic E-state index is 5.28. The largest absolute Gasteiger partial charge is 0.495 e. The van der Waals surface area contributed by atoms with Gasteiger partial charge in [-0.1, -0.05) is 0 Å². The van der Waals surface area contributed by atoms with Gasteiger partial charge in [0.05, 0.1) is 19.5 Å². The Bertz CT molecular complexity index is 527. The molecule has 0 aliphatic rings. The zero-order valence-electron chi connectivity index (χ0n) is 10.4. The third kappa shape index (κ3) is 3.08. The lowest BCUT2D eigenvalue weighted by atomic mass is 10.2. The Morgan fingerprint density at radius 2 is 2.17 bits per heavy atom. The average Bonchev–Trinajstić information content (AvgIpc) is 2.77. The molecule has 0 aliphatic carbocycles. The second-order valence-electron chi connectivity index (χ2n) is 3.93. The molecule has 0 bridgehead atoms. The molecule has 0 aromatic carbocycles. The first-order valence-electron chi connectivity index (χ1n) is 5.55. The standard InChI is InChI=1S/C12H15BrN4O/c1-17-8-9(4-16-17)3-14-5-10-11(13)6-15-7-12(10)18-2/h4,6-8,14H,3,5H2,1-2H3. The van der Waals surface area contributed by atoms with Gasteiger partial charge in [-0.3, -0.25) is 9.67 Å². The highest BCUT2D eigenvalue weighted by molar-refractivity contribution is 9.10. The second-order valence-corrected chi connectivity index (χ2v) is 4.78. The number of rotatable bonds is 5. The Morgan fingerprint density at radius 3 is 2.83 bits per heavy atom. The number of hydrogen-bond acceptors (Lipinski definition) is 4. The van der Waals surface area contributed by atoms with Gasteiger partial charge in [0.1, 0.15) is 5.75 Å². The van der Waals surface area contributed by atoms with Crippen LogP contribution in [0, 0.1) is 0 Å². The van der Waals surface area contributed by atoms with Crippen LogP contribution in [-0.2, 0) is 20.1 Å². The van der Waals surface area contributed by atoms with E-state index in [2.05, 4.69) is 31.3 Å². The van der Waals surface area contributed by atoms with Gasteiger partial charge in [-0.05, 0) is 15.9 Å². The smallest absolute Gasteiger partial charge is 0.142 e. The average molecular weight is 311 g/mol. The molecule has 0 spiro atoms. The van der Waals surface area contributed by atoms with E-state index in [1.165, 1.54) is 0 Å². The second kappa shape index (κ2) is 5.97. The van der Waals surface area contributed by atoms with Crippen LogP contribution in [0.15, 0.2) is 29.3 Å². The zero-order chi connectivity index (χ0) is 13.0. The molecule has 0 unspecified atom stereocenters. The molecule has 0 amide bonds. The molecule has 0 fully saturated rings. The normalized spacial score (nSPS) is 10.6. The molecule has 2 aromatic heterocycles. The van der Waals surface area contributed by atoms with Gasteiger partial charge in [0.2, 0.25) is 0 Å². The lowest BCUT2D eigenvalue weighted by molar-refractivity contribution is 0.405. The predicted molar refractivity (Wildman–Crippen MR) is 72.2 cm³/mol. The van der Waals surface area contributed by atoms with Crippen LogP contribution in [0.4, 0.5) is 0 Å². The molecule has 6 heteroatoms. The van der Waals surface area contributed by atoms with E-state index in [0.29, 0.717) is 6.54 Å². The van der Waals surface area contributed by atoms with Gasteiger partial charge in [-0.15, -0.1) is 0 Å². The first-order valence-corrected chi connectivity index (χ1v) is 6.34. The number of hydrogen-bond donors (Lipinski definition) is 1. The van der Waals surface area contributed by atoms with E-state index in [0.717, 1.165) is 27.9 Å². The summed E-state index contributed by atoms with van der Waals surface area (Å²) >= 11 is 3.48. The molecular formula is C12H15BrN4O. The summed E-state index contributed by atoms with van der Waals surface area (Å²) in [7, 11) is 3.56. The summed E-state index contributed by atoms with van der Waals surface area (Å²) in [6.07, 6.45) is 7.33. The molecule has 0 aliphatic heterocycles. The Balaban J connectivity index is 1.98. The summed E-state index contributed by atoms with van der Waals surface area (Å²) in [6, 6.07) is 0. The van der Waals surface area contributed by atoms with Crippen molar-refractivity contribution < 1.29 is 4.74 Å². The molecule has 18 heavy (non-hydrogen) atoms. The molecule has 2 heterocycles. The van der Waals surface area contributed by atoms with E-state index in [1.807, 2.05) is 19.4 Å². The van der Waals surface area contributed by atoms with Crippen molar-refractivity contribution in [1.29, 1.82) is 0 Å². The molecule has 1 N–H and O–H groups in total. The maximum Gasteiger partial charge on any atom is 0.142 e. The number of aromatic nitrogens is 3. The van der Waals surface area contributed by atoms with Crippen LogP contribution in [0.1, 0.15) is 11.1 Å². The molecular weight excluding hydrogens is 296 g/mol. The van der Waals surface area contributed by atoms with Gasteiger partial charge in [0, 0.05) is 48.1 Å². The third-order valence-electron chi connectivity index (χ3n) is 2.57. The van der Waals surface area contributed by atoms with Crippen LogP contribution in [0.5, 0.6) is 5.75 Å². The molecule has 0 atom stereocenters. The third-order valence-corrected chi connectivity index (χ3v) is 3.26. The maximum absolute atomic E-state index is 5.28. The molecule has 0 saturated heterocycles. The minimum Gasteiger partial charge on any atom is -0.495 e. The first kappa shape index (κ1) is 13.0. The van der Waals surface area contributed by atoms with Crippen molar-refractivity contribution in [3.8, 4) is 5.75 Å². The van der Waals surface area contributed by atoms with Crippen molar-refractivity contribution in [2.75, 3.05) is 7.11 Å². The molecule has 0 saturated carbocycles. The van der Waals surface area contributed by atoms with Crippen molar-refractivity contribution in [1.82, 2.24) is 20.1 Å². The Morgan fingerprint density at radius 1 is 1.33 bits per heavy atom. The minimum atomic E-state index is 0.709. The van der Waals surface area contributed by atoms with Crippen molar-refractivity contribution in [2.45, 2.75) is 13.1 Å². The van der Waals surface area contributed by atoms with E-state index in [9.17, 15) is 0 Å². The van der Waals surface area contributed by atoms with Crippen molar-refractivity contribution in [2.24, 2.45) is 7.05 Å². The fraction of sp³-hybridized carbons (Fsp3) is 0.333. The van der Waals surface area contributed by atoms with Gasteiger partial charge >= 0.3 is 0 Å². The molecule has 2 rings (SSSR count). The number of halogens is 1. The zero-order valence-corrected chi connectivity index (χ0v) is 11.9. The summed E-state index contributed by atoms with van der Waals surface area (Å²) in [4.78, 5) is 4.07. The quantitative estimate of drug-likeness (QED) is 0.916. The van der Waals surface area contributed by atoms with Crippen LogP contribution < -0.4 is 10.1 Å². The fourth-order valence-corrected chi connectivity index (χ4v) is 2.14. The number of nitrogens with zero attached hydrogens (tertiary/aromatic N) is 3. The van der Waals surface area contributed by atoms with E-state index in [1.54, 1.807) is 24.2 Å². The van der Waals surface area contributed by atoms with Crippen LogP contribution in [0.2, 0.25) is 0 Å². The monoisotopic (exact) mass is 310 g/mol. The van der Waals surface area contributed by atoms with E-state index in [-0.39, 0.29) is 0 Å². The number of ether oxygens (including phenoxy) is 1. The number of methoxy groups -OCH3 is 1. The van der Waals surface area contributed by atoms with Gasteiger partial charge < -0.3 is 10.1 Å². The number of nitrogens with one attached hydrogen (secondary N) is 1. The van der Waals surface area contributed by atoms with Crippen molar-refractivity contribution in [3.05, 3.63) is 40.4 Å². The Labute approximate surface area is 114 Å². The van der Waals surface area contributed by atoms with Crippen LogP contribution in [0.25, 0.3) is 0 Å². The fourth-order valence-electron chi connectivity index (χ4n) is 1.69. The lowest BCUT2D eigenvalue weighted by Gasteiger charge is -2.10. The summed E-state index contributed by atoms with van der Waals surface area (Å²) in [5, 5.41) is 7.48. The van der Waals surface area contributed by atoms with Crippen molar-refractivity contribution >= 4 is 15.9 Å². The number of pyridine rings is 1. The summed E-state index contributed by atoms with van der Waals surface area (Å²) < 4.78 is 8.02. The van der Waals surface area contributed by atoms with Gasteiger partial charge in [-0.2, -0.15) is 5.10 Å². The van der Waals surface area contributed by atoms with Gasteiger partial charge in [-0.25, -0.2) is 0 Å². The Hall–Kier alpha value is -1.40. The SMILES string of the molecule is COc1cncc(Br)c1CNCc1cnn(C)c1. The van der Waals surface area contributed by atoms with Crippen LogP contribution >= 0.6 is 15.9 Å². The van der Waals surface area contributed by atoms with E-state index in [4.69, 9.17) is 4.74 Å². The topological polar surface area (TPSA) is 52.0 Å². The van der Waals surface area contributed by atoms with Crippen molar-refractivity contribution in [3.63, 3.8) is 0 Å². The highest BCUT2D eigenvalue weighted by Crippen LogP contribution is 2.24. The van der Waals surface area contributed by atoms with Crippen LogP contribution in [-0.4, -0.2) is 21.9 Å². The molecule has 2 aromatic rings. The predicted octanol–water partition coefficient (Wildman–Crippen LogP) is 1.88. The Kier molecular flexibility index (Phi) is 4.33. The van der Waals surface area contributed by atoms with Gasteiger partial charge in [0.25, 0.3) is 0 Å². The van der Waals surface area contributed by atoms with Gasteiger partial charge in [0.15, 0.2) is 0 Å². The lowest BCUT2D eigenvalue weighted by Crippen LogP contribution is -2.13. The summed E-state index contributed by atoms with van der Waals surface area (Å²) in [5.41, 5.74) is 2.22. The van der Waals surface area contributed by atoms with Crippen LogP contribution in [0.3, 0.4) is 0 Å². The molecule has 96 valence electrons. The summed E-state index contributed by atoms with van der Waals surface area (Å²) in [6.45, 7) is 1.48. The van der Waals surface area contributed by atoms with E-state index < -0.39 is 0 Å². The number of aryl methyl sites for hydroxylation is 1.